The molecule has 0 aliphatic rings. The maximum atomic E-state index is 12.4. The molecule has 1 amide bonds. The standard InChI is InChI=1S/C21H20N2O3S/c1-27(25,26)15-16-6-5-7-17(14-16)21(24)23-20-12-10-19(11-13-20)22-18-8-3-2-4-9-18/h2-14,22H,15H2,1H3,(H,23,24). The van der Waals surface area contributed by atoms with Gasteiger partial charge in [0.2, 0.25) is 0 Å². The van der Waals surface area contributed by atoms with Gasteiger partial charge in [-0.1, -0.05) is 30.3 Å². The van der Waals surface area contributed by atoms with Crippen molar-refractivity contribution in [2.75, 3.05) is 16.9 Å². The van der Waals surface area contributed by atoms with E-state index in [4.69, 9.17) is 0 Å². The van der Waals surface area contributed by atoms with E-state index < -0.39 is 9.84 Å². The molecule has 0 fully saturated rings. The number of amides is 1. The van der Waals surface area contributed by atoms with Gasteiger partial charge in [-0.05, 0) is 54.1 Å². The molecule has 0 saturated heterocycles. The molecule has 3 aromatic carbocycles. The second-order valence-corrected chi connectivity index (χ2v) is 8.43. The van der Waals surface area contributed by atoms with Gasteiger partial charge in [0.25, 0.3) is 5.91 Å². The molecule has 138 valence electrons. The largest absolute Gasteiger partial charge is 0.356 e. The van der Waals surface area contributed by atoms with E-state index in [2.05, 4.69) is 10.6 Å². The number of benzene rings is 3. The van der Waals surface area contributed by atoms with Gasteiger partial charge in [-0.25, -0.2) is 8.42 Å². The lowest BCUT2D eigenvalue weighted by atomic mass is 10.1. The molecule has 0 atom stereocenters. The number of para-hydroxylation sites is 1. The van der Waals surface area contributed by atoms with Crippen LogP contribution in [0.15, 0.2) is 78.9 Å². The first-order valence-electron chi connectivity index (χ1n) is 8.39. The number of rotatable bonds is 6. The van der Waals surface area contributed by atoms with E-state index in [1.807, 2.05) is 54.6 Å². The van der Waals surface area contributed by atoms with Crippen molar-refractivity contribution >= 4 is 32.8 Å². The maximum Gasteiger partial charge on any atom is 0.255 e. The van der Waals surface area contributed by atoms with Crippen LogP contribution in [0.2, 0.25) is 0 Å². The highest BCUT2D eigenvalue weighted by Crippen LogP contribution is 2.19. The average Bonchev–Trinajstić information content (AvgIpc) is 2.63. The van der Waals surface area contributed by atoms with Crippen LogP contribution in [0.4, 0.5) is 17.1 Å². The Labute approximate surface area is 159 Å². The van der Waals surface area contributed by atoms with Crippen molar-refractivity contribution in [3.63, 3.8) is 0 Å². The predicted octanol–water partition coefficient (Wildman–Crippen LogP) is 4.23. The lowest BCUT2D eigenvalue weighted by molar-refractivity contribution is 0.102. The quantitative estimate of drug-likeness (QED) is 0.671. The topological polar surface area (TPSA) is 75.3 Å². The molecule has 0 aliphatic carbocycles. The van der Waals surface area contributed by atoms with Gasteiger partial charge in [-0.2, -0.15) is 0 Å². The molecule has 0 saturated carbocycles. The fraction of sp³-hybridized carbons (Fsp3) is 0.0952. The van der Waals surface area contributed by atoms with Crippen LogP contribution in [0, 0.1) is 0 Å². The van der Waals surface area contributed by atoms with Crippen molar-refractivity contribution in [3.05, 3.63) is 90.0 Å². The Balaban J connectivity index is 1.66. The lowest BCUT2D eigenvalue weighted by Crippen LogP contribution is -2.12. The molecular weight excluding hydrogens is 360 g/mol. The van der Waals surface area contributed by atoms with E-state index >= 15 is 0 Å². The van der Waals surface area contributed by atoms with Crippen molar-refractivity contribution in [2.24, 2.45) is 0 Å². The van der Waals surface area contributed by atoms with Crippen LogP contribution in [0.25, 0.3) is 0 Å². The molecule has 0 radical (unpaired) electrons. The summed E-state index contributed by atoms with van der Waals surface area (Å²) in [6.45, 7) is 0. The number of carbonyl (C=O) groups excluding carboxylic acids is 1. The van der Waals surface area contributed by atoms with Crippen molar-refractivity contribution in [3.8, 4) is 0 Å². The SMILES string of the molecule is CS(=O)(=O)Cc1cccc(C(=O)Nc2ccc(Nc3ccccc3)cc2)c1. The summed E-state index contributed by atoms with van der Waals surface area (Å²) in [5, 5.41) is 6.10. The molecule has 2 N–H and O–H groups in total. The maximum absolute atomic E-state index is 12.4. The third kappa shape index (κ3) is 5.69. The van der Waals surface area contributed by atoms with Crippen LogP contribution in [0.1, 0.15) is 15.9 Å². The molecular formula is C21H20N2O3S. The van der Waals surface area contributed by atoms with Crippen molar-refractivity contribution in [1.29, 1.82) is 0 Å². The fourth-order valence-corrected chi connectivity index (χ4v) is 3.42. The second kappa shape index (κ2) is 8.05. The van der Waals surface area contributed by atoms with Gasteiger partial charge in [0.1, 0.15) is 0 Å². The molecule has 3 rings (SSSR count). The highest BCUT2D eigenvalue weighted by atomic mass is 32.2. The summed E-state index contributed by atoms with van der Waals surface area (Å²) in [4.78, 5) is 12.4. The van der Waals surface area contributed by atoms with Crippen LogP contribution in [0.5, 0.6) is 0 Å². The van der Waals surface area contributed by atoms with E-state index in [9.17, 15) is 13.2 Å². The monoisotopic (exact) mass is 380 g/mol. The predicted molar refractivity (Wildman–Crippen MR) is 109 cm³/mol. The van der Waals surface area contributed by atoms with Gasteiger partial charge in [-0.15, -0.1) is 0 Å². The molecule has 3 aromatic rings. The second-order valence-electron chi connectivity index (χ2n) is 6.29. The summed E-state index contributed by atoms with van der Waals surface area (Å²) >= 11 is 0. The Morgan fingerprint density at radius 3 is 2.11 bits per heavy atom. The first-order valence-corrected chi connectivity index (χ1v) is 10.5. The summed E-state index contributed by atoms with van der Waals surface area (Å²) in [6.07, 6.45) is 1.17. The Hall–Kier alpha value is -3.12. The van der Waals surface area contributed by atoms with Gasteiger partial charge >= 0.3 is 0 Å². The van der Waals surface area contributed by atoms with Crippen LogP contribution >= 0.6 is 0 Å². The van der Waals surface area contributed by atoms with Crippen molar-refractivity contribution < 1.29 is 13.2 Å². The molecule has 0 spiro atoms. The smallest absolute Gasteiger partial charge is 0.255 e. The zero-order chi connectivity index (χ0) is 19.3. The average molecular weight is 380 g/mol. The van der Waals surface area contributed by atoms with Gasteiger partial charge in [0.05, 0.1) is 5.75 Å². The Morgan fingerprint density at radius 2 is 1.44 bits per heavy atom. The number of hydrogen-bond acceptors (Lipinski definition) is 4. The van der Waals surface area contributed by atoms with Gasteiger partial charge in [0, 0.05) is 28.9 Å². The van der Waals surface area contributed by atoms with E-state index in [1.54, 1.807) is 24.3 Å². The molecule has 5 nitrogen and oxygen atoms in total. The fourth-order valence-electron chi connectivity index (χ4n) is 2.63. The number of anilines is 3. The number of carbonyl (C=O) groups is 1. The highest BCUT2D eigenvalue weighted by Gasteiger charge is 2.10. The lowest BCUT2D eigenvalue weighted by Gasteiger charge is -2.09. The van der Waals surface area contributed by atoms with Crippen LogP contribution in [-0.2, 0) is 15.6 Å². The summed E-state index contributed by atoms with van der Waals surface area (Å²) < 4.78 is 22.9. The summed E-state index contributed by atoms with van der Waals surface area (Å²) in [5.74, 6) is -0.373. The molecule has 0 bridgehead atoms. The minimum Gasteiger partial charge on any atom is -0.356 e. The summed E-state index contributed by atoms with van der Waals surface area (Å²) in [6, 6.07) is 23.8. The zero-order valence-corrected chi connectivity index (χ0v) is 15.7. The number of nitrogens with one attached hydrogen (secondary N) is 2. The molecule has 0 aliphatic heterocycles. The third-order valence-corrected chi connectivity index (χ3v) is 4.68. The summed E-state index contributed by atoms with van der Waals surface area (Å²) in [7, 11) is -3.15. The minimum absolute atomic E-state index is 0.0893. The van der Waals surface area contributed by atoms with E-state index in [1.165, 1.54) is 6.26 Å². The minimum atomic E-state index is -3.15. The Kier molecular flexibility index (Phi) is 5.57. The Bertz CT molecular complexity index is 1030. The van der Waals surface area contributed by atoms with Crippen LogP contribution in [0.3, 0.4) is 0 Å². The van der Waals surface area contributed by atoms with Crippen LogP contribution < -0.4 is 10.6 Å². The Morgan fingerprint density at radius 1 is 0.815 bits per heavy atom. The van der Waals surface area contributed by atoms with Crippen molar-refractivity contribution in [2.45, 2.75) is 5.75 Å². The van der Waals surface area contributed by atoms with Gasteiger partial charge in [-0.3, -0.25) is 4.79 Å². The molecule has 0 aromatic heterocycles. The molecule has 0 heterocycles. The third-order valence-electron chi connectivity index (χ3n) is 3.82. The molecule has 0 unspecified atom stereocenters. The van der Waals surface area contributed by atoms with E-state index in [-0.39, 0.29) is 11.7 Å². The van der Waals surface area contributed by atoms with Crippen molar-refractivity contribution in [1.82, 2.24) is 0 Å². The normalized spacial score (nSPS) is 11.0. The zero-order valence-electron chi connectivity index (χ0n) is 14.8. The van der Waals surface area contributed by atoms with Gasteiger partial charge < -0.3 is 10.6 Å². The summed E-state index contributed by atoms with van der Waals surface area (Å²) in [5.41, 5.74) is 3.56. The van der Waals surface area contributed by atoms with E-state index in [0.717, 1.165) is 11.4 Å². The first-order chi connectivity index (χ1) is 12.9. The van der Waals surface area contributed by atoms with Crippen LogP contribution in [-0.4, -0.2) is 20.6 Å². The number of hydrogen-bond donors (Lipinski definition) is 2. The molecule has 27 heavy (non-hydrogen) atoms. The van der Waals surface area contributed by atoms with E-state index in [0.29, 0.717) is 16.8 Å². The van der Waals surface area contributed by atoms with Gasteiger partial charge in [0.15, 0.2) is 9.84 Å². The highest BCUT2D eigenvalue weighted by molar-refractivity contribution is 7.89. The number of sulfone groups is 1. The first kappa shape index (κ1) is 18.7. The molecule has 6 heteroatoms.